The fraction of sp³-hybridized carbons (Fsp3) is 0.0714. The third-order valence-corrected chi connectivity index (χ3v) is 3.12. The quantitative estimate of drug-likeness (QED) is 0.637. The van der Waals surface area contributed by atoms with Gasteiger partial charge in [-0.2, -0.15) is 13.2 Å². The molecule has 0 bridgehead atoms. The number of aromatic nitrogens is 2. The molecule has 2 nitrogen and oxygen atoms in total. The molecule has 0 amide bonds. The Bertz CT molecular complexity index is 777. The molecule has 6 heteroatoms. The lowest BCUT2D eigenvalue weighted by atomic mass is 10.1. The van der Waals surface area contributed by atoms with Crippen LogP contribution in [0.5, 0.6) is 0 Å². The molecule has 102 valence electrons. The standard InChI is InChI=1S/C14H8ClF3N2/c15-11-4-5-13-19-12(8-20(13)7-11)9-2-1-3-10(6-9)14(16,17)18/h1-8H. The molecule has 3 aromatic rings. The predicted molar refractivity (Wildman–Crippen MR) is 70.6 cm³/mol. The Morgan fingerprint density at radius 2 is 1.85 bits per heavy atom. The number of pyridine rings is 1. The first kappa shape index (κ1) is 13.0. The third kappa shape index (κ3) is 2.36. The van der Waals surface area contributed by atoms with Crippen molar-refractivity contribution in [1.82, 2.24) is 9.38 Å². The number of halogens is 4. The van der Waals surface area contributed by atoms with Gasteiger partial charge in [-0.25, -0.2) is 4.98 Å². The molecule has 2 aromatic heterocycles. The van der Waals surface area contributed by atoms with Crippen molar-refractivity contribution < 1.29 is 13.2 Å². The minimum absolute atomic E-state index is 0.416. The summed E-state index contributed by atoms with van der Waals surface area (Å²) in [5.74, 6) is 0. The summed E-state index contributed by atoms with van der Waals surface area (Å²) in [6.45, 7) is 0. The van der Waals surface area contributed by atoms with Crippen LogP contribution in [0.2, 0.25) is 5.02 Å². The SMILES string of the molecule is FC(F)(F)c1cccc(-c2cn3cc(Cl)ccc3n2)c1. The highest BCUT2D eigenvalue weighted by Gasteiger charge is 2.30. The van der Waals surface area contributed by atoms with Crippen molar-refractivity contribution in [2.75, 3.05) is 0 Å². The van der Waals surface area contributed by atoms with E-state index in [9.17, 15) is 13.2 Å². The number of fused-ring (bicyclic) bond motifs is 1. The zero-order chi connectivity index (χ0) is 14.3. The van der Waals surface area contributed by atoms with Crippen molar-refractivity contribution in [3.63, 3.8) is 0 Å². The van der Waals surface area contributed by atoms with Crippen molar-refractivity contribution in [3.05, 3.63) is 59.4 Å². The molecule has 0 fully saturated rings. The molecular formula is C14H8ClF3N2. The smallest absolute Gasteiger partial charge is 0.305 e. The Hall–Kier alpha value is -2.01. The van der Waals surface area contributed by atoms with E-state index in [0.29, 0.717) is 21.9 Å². The predicted octanol–water partition coefficient (Wildman–Crippen LogP) is 4.67. The van der Waals surface area contributed by atoms with Gasteiger partial charge in [0.2, 0.25) is 0 Å². The van der Waals surface area contributed by atoms with Gasteiger partial charge in [0.05, 0.1) is 16.3 Å². The van der Waals surface area contributed by atoms with Crippen molar-refractivity contribution in [1.29, 1.82) is 0 Å². The second-order valence-electron chi connectivity index (χ2n) is 4.32. The Morgan fingerprint density at radius 3 is 2.60 bits per heavy atom. The molecule has 0 aliphatic carbocycles. The first-order valence-electron chi connectivity index (χ1n) is 5.75. The summed E-state index contributed by atoms with van der Waals surface area (Å²) in [5, 5.41) is 0.533. The third-order valence-electron chi connectivity index (χ3n) is 2.90. The molecule has 0 N–H and O–H groups in total. The maximum Gasteiger partial charge on any atom is 0.416 e. The molecule has 0 saturated carbocycles. The van der Waals surface area contributed by atoms with Crippen LogP contribution in [0.3, 0.4) is 0 Å². The number of hydrogen-bond donors (Lipinski definition) is 0. The molecule has 1 aromatic carbocycles. The van der Waals surface area contributed by atoms with E-state index in [2.05, 4.69) is 4.98 Å². The Balaban J connectivity index is 2.11. The molecule has 20 heavy (non-hydrogen) atoms. The first-order valence-corrected chi connectivity index (χ1v) is 6.13. The van der Waals surface area contributed by atoms with Crippen molar-refractivity contribution in [3.8, 4) is 11.3 Å². The van der Waals surface area contributed by atoms with E-state index in [-0.39, 0.29) is 0 Å². The average molecular weight is 297 g/mol. The molecule has 0 spiro atoms. The largest absolute Gasteiger partial charge is 0.416 e. The zero-order valence-corrected chi connectivity index (χ0v) is 10.8. The van der Waals surface area contributed by atoms with Gasteiger partial charge in [-0.3, -0.25) is 0 Å². The van der Waals surface area contributed by atoms with Crippen molar-refractivity contribution in [2.24, 2.45) is 0 Å². The number of hydrogen-bond acceptors (Lipinski definition) is 1. The van der Waals surface area contributed by atoms with Crippen LogP contribution in [-0.4, -0.2) is 9.38 Å². The van der Waals surface area contributed by atoms with Crippen LogP contribution in [0, 0.1) is 0 Å². The van der Waals surface area contributed by atoms with E-state index in [1.807, 2.05) is 0 Å². The molecule has 0 unspecified atom stereocenters. The highest BCUT2D eigenvalue weighted by molar-refractivity contribution is 6.30. The fourth-order valence-electron chi connectivity index (χ4n) is 1.96. The monoisotopic (exact) mass is 296 g/mol. The Labute approximate surface area is 117 Å². The van der Waals surface area contributed by atoms with Gasteiger partial charge in [-0.15, -0.1) is 0 Å². The topological polar surface area (TPSA) is 17.3 Å². The van der Waals surface area contributed by atoms with Gasteiger partial charge in [0.15, 0.2) is 0 Å². The highest BCUT2D eigenvalue weighted by atomic mass is 35.5. The molecule has 3 rings (SSSR count). The van der Waals surface area contributed by atoms with Crippen LogP contribution in [0.1, 0.15) is 5.56 Å². The molecule has 0 atom stereocenters. The van der Waals surface area contributed by atoms with E-state index < -0.39 is 11.7 Å². The lowest BCUT2D eigenvalue weighted by molar-refractivity contribution is -0.137. The number of nitrogens with zero attached hydrogens (tertiary/aromatic N) is 2. The van der Waals surface area contributed by atoms with Crippen molar-refractivity contribution >= 4 is 17.2 Å². The van der Waals surface area contributed by atoms with Gasteiger partial charge < -0.3 is 4.40 Å². The summed E-state index contributed by atoms with van der Waals surface area (Å²) in [6.07, 6.45) is -1.06. The Kier molecular flexibility index (Phi) is 2.94. The first-order chi connectivity index (χ1) is 9.43. The lowest BCUT2D eigenvalue weighted by Gasteiger charge is -2.07. The number of imidazole rings is 1. The van der Waals surface area contributed by atoms with Gasteiger partial charge in [-0.1, -0.05) is 23.7 Å². The van der Waals surface area contributed by atoms with Gasteiger partial charge in [0.1, 0.15) is 5.65 Å². The van der Waals surface area contributed by atoms with E-state index in [0.717, 1.165) is 12.1 Å². The van der Waals surface area contributed by atoms with Crippen LogP contribution in [0.4, 0.5) is 13.2 Å². The second kappa shape index (κ2) is 4.52. The van der Waals surface area contributed by atoms with E-state index in [1.54, 1.807) is 35.0 Å². The van der Waals surface area contributed by atoms with Gasteiger partial charge in [0.25, 0.3) is 0 Å². The number of benzene rings is 1. The Morgan fingerprint density at radius 1 is 1.05 bits per heavy atom. The lowest BCUT2D eigenvalue weighted by Crippen LogP contribution is -2.04. The summed E-state index contributed by atoms with van der Waals surface area (Å²) in [5.41, 5.74) is 0.824. The summed E-state index contributed by atoms with van der Waals surface area (Å²) >= 11 is 5.86. The normalized spacial score (nSPS) is 12.0. The molecule has 0 aliphatic rings. The maximum absolute atomic E-state index is 12.7. The van der Waals surface area contributed by atoms with Gasteiger partial charge >= 0.3 is 6.18 Å². The second-order valence-corrected chi connectivity index (χ2v) is 4.75. The van der Waals surface area contributed by atoms with E-state index in [4.69, 9.17) is 11.6 Å². The zero-order valence-electron chi connectivity index (χ0n) is 10.0. The number of alkyl halides is 3. The van der Waals surface area contributed by atoms with E-state index in [1.165, 1.54) is 6.07 Å². The summed E-state index contributed by atoms with van der Waals surface area (Å²) < 4.78 is 39.8. The molecular weight excluding hydrogens is 289 g/mol. The minimum Gasteiger partial charge on any atom is -0.305 e. The molecule has 0 saturated heterocycles. The van der Waals surface area contributed by atoms with Gasteiger partial charge in [0, 0.05) is 18.0 Å². The maximum atomic E-state index is 12.7. The van der Waals surface area contributed by atoms with E-state index >= 15 is 0 Å². The summed E-state index contributed by atoms with van der Waals surface area (Å²) in [6, 6.07) is 8.48. The van der Waals surface area contributed by atoms with Crippen LogP contribution >= 0.6 is 11.6 Å². The van der Waals surface area contributed by atoms with Crippen LogP contribution in [-0.2, 0) is 6.18 Å². The van der Waals surface area contributed by atoms with Crippen LogP contribution in [0.15, 0.2) is 48.8 Å². The van der Waals surface area contributed by atoms with Crippen molar-refractivity contribution in [2.45, 2.75) is 6.18 Å². The molecule has 0 aliphatic heterocycles. The molecule has 0 radical (unpaired) electrons. The summed E-state index contributed by atoms with van der Waals surface area (Å²) in [7, 11) is 0. The highest BCUT2D eigenvalue weighted by Crippen LogP contribution is 2.32. The van der Waals surface area contributed by atoms with Gasteiger partial charge in [-0.05, 0) is 24.3 Å². The minimum atomic E-state index is -4.36. The van der Waals surface area contributed by atoms with Crippen LogP contribution in [0.25, 0.3) is 16.9 Å². The molecule has 2 heterocycles. The fourth-order valence-corrected chi connectivity index (χ4v) is 2.13. The average Bonchev–Trinajstić information content (AvgIpc) is 2.81. The summed E-state index contributed by atoms with van der Waals surface area (Å²) in [4.78, 5) is 4.28. The van der Waals surface area contributed by atoms with Crippen LogP contribution < -0.4 is 0 Å². The number of rotatable bonds is 1.